The molecule has 3 rings (SSSR count). The number of rotatable bonds is 8. The van der Waals surface area contributed by atoms with Gasteiger partial charge in [0.25, 0.3) is 0 Å². The second-order valence-electron chi connectivity index (χ2n) is 6.07. The molecule has 0 unspecified atom stereocenters. The van der Waals surface area contributed by atoms with E-state index in [2.05, 4.69) is 25.3 Å². The second kappa shape index (κ2) is 11.7. The summed E-state index contributed by atoms with van der Waals surface area (Å²) in [5.74, 6) is 1.09. The molecular weight excluding hydrogens is 517 g/mol. The third-order valence-electron chi connectivity index (χ3n) is 4.00. The minimum atomic E-state index is -3.52. The average molecular weight is 541 g/mol. The standard InChI is InChI=1S/C20H23N5O3S.HI/c1-21-20(22-12-13-24-29(26,27)18-10-6-3-7-11-18)23-14-17-15-28-19(25-17)16-8-4-2-5-9-16;/h2-11,15,24H,12-14H2,1H3,(H2,21,22,23);1H. The van der Waals surface area contributed by atoms with Crippen LogP contribution in [0.25, 0.3) is 11.5 Å². The zero-order valence-electron chi connectivity index (χ0n) is 16.4. The number of aliphatic imine (C=N–C) groups is 1. The molecule has 2 aromatic carbocycles. The van der Waals surface area contributed by atoms with E-state index in [0.717, 1.165) is 11.3 Å². The lowest BCUT2D eigenvalue weighted by atomic mass is 10.2. The third-order valence-corrected chi connectivity index (χ3v) is 5.47. The summed E-state index contributed by atoms with van der Waals surface area (Å²) in [6, 6.07) is 17.9. The molecule has 0 saturated heterocycles. The van der Waals surface area contributed by atoms with Gasteiger partial charge in [-0.25, -0.2) is 18.1 Å². The number of nitrogens with zero attached hydrogens (tertiary/aromatic N) is 2. The Balaban J connectivity index is 0.00000320. The Morgan fingerprint density at radius 3 is 2.33 bits per heavy atom. The van der Waals surface area contributed by atoms with Gasteiger partial charge in [-0.05, 0) is 24.3 Å². The van der Waals surface area contributed by atoms with E-state index in [1.165, 1.54) is 0 Å². The van der Waals surface area contributed by atoms with Gasteiger partial charge in [0.2, 0.25) is 15.9 Å². The summed E-state index contributed by atoms with van der Waals surface area (Å²) in [7, 11) is -1.88. The van der Waals surface area contributed by atoms with Crippen molar-refractivity contribution in [3.05, 3.63) is 72.6 Å². The van der Waals surface area contributed by atoms with Crippen LogP contribution in [0.2, 0.25) is 0 Å². The van der Waals surface area contributed by atoms with Crippen LogP contribution in [0.15, 0.2) is 81.2 Å². The first-order valence-corrected chi connectivity index (χ1v) is 10.6. The van der Waals surface area contributed by atoms with Crippen LogP contribution in [-0.4, -0.2) is 39.5 Å². The van der Waals surface area contributed by atoms with Gasteiger partial charge >= 0.3 is 0 Å². The first kappa shape index (κ1) is 23.8. The largest absolute Gasteiger partial charge is 0.444 e. The molecule has 30 heavy (non-hydrogen) atoms. The van der Waals surface area contributed by atoms with Gasteiger partial charge in [-0.15, -0.1) is 24.0 Å². The summed E-state index contributed by atoms with van der Waals surface area (Å²) < 4.78 is 32.4. The summed E-state index contributed by atoms with van der Waals surface area (Å²) in [5.41, 5.74) is 1.64. The Morgan fingerprint density at radius 2 is 1.67 bits per heavy atom. The molecule has 1 heterocycles. The smallest absolute Gasteiger partial charge is 0.240 e. The second-order valence-corrected chi connectivity index (χ2v) is 7.84. The lowest BCUT2D eigenvalue weighted by Crippen LogP contribution is -2.41. The van der Waals surface area contributed by atoms with E-state index in [1.54, 1.807) is 43.6 Å². The number of hydrogen-bond acceptors (Lipinski definition) is 5. The van der Waals surface area contributed by atoms with Crippen molar-refractivity contribution in [2.24, 2.45) is 4.99 Å². The predicted octanol–water partition coefficient (Wildman–Crippen LogP) is 2.60. The Hall–Kier alpha value is -2.44. The fraction of sp³-hybridized carbons (Fsp3) is 0.200. The molecule has 3 aromatic rings. The molecular formula is C20H24IN5O3S. The van der Waals surface area contributed by atoms with Crippen molar-refractivity contribution in [1.82, 2.24) is 20.3 Å². The minimum absolute atomic E-state index is 0. The van der Waals surface area contributed by atoms with Gasteiger partial charge in [-0.1, -0.05) is 36.4 Å². The number of hydrogen-bond donors (Lipinski definition) is 3. The van der Waals surface area contributed by atoms with Gasteiger partial charge < -0.3 is 15.1 Å². The van der Waals surface area contributed by atoms with Gasteiger partial charge in [-0.2, -0.15) is 0 Å². The number of benzene rings is 2. The van der Waals surface area contributed by atoms with Crippen molar-refractivity contribution in [3.8, 4) is 11.5 Å². The third kappa shape index (κ3) is 6.82. The molecule has 0 aliphatic rings. The van der Waals surface area contributed by atoms with Crippen molar-refractivity contribution >= 4 is 40.0 Å². The SMILES string of the molecule is CN=C(NCCNS(=O)(=O)c1ccccc1)NCc1coc(-c2ccccc2)n1.I. The molecule has 1 aromatic heterocycles. The van der Waals surface area contributed by atoms with Crippen molar-refractivity contribution in [3.63, 3.8) is 0 Å². The molecule has 0 atom stereocenters. The highest BCUT2D eigenvalue weighted by molar-refractivity contribution is 14.0. The highest BCUT2D eigenvalue weighted by Gasteiger charge is 2.12. The van der Waals surface area contributed by atoms with Crippen LogP contribution in [0.5, 0.6) is 0 Å². The van der Waals surface area contributed by atoms with E-state index in [1.807, 2.05) is 30.3 Å². The Labute approximate surface area is 193 Å². The first-order chi connectivity index (χ1) is 14.1. The van der Waals surface area contributed by atoms with E-state index in [9.17, 15) is 8.42 Å². The lowest BCUT2D eigenvalue weighted by molar-refractivity contribution is 0.571. The van der Waals surface area contributed by atoms with Crippen LogP contribution in [0.3, 0.4) is 0 Å². The molecule has 10 heteroatoms. The Morgan fingerprint density at radius 1 is 1.00 bits per heavy atom. The molecule has 0 bridgehead atoms. The molecule has 0 fully saturated rings. The summed E-state index contributed by atoms with van der Waals surface area (Å²) in [6.07, 6.45) is 1.59. The quantitative estimate of drug-likeness (QED) is 0.175. The van der Waals surface area contributed by atoms with E-state index in [-0.39, 0.29) is 35.4 Å². The molecule has 0 amide bonds. The maximum Gasteiger partial charge on any atom is 0.240 e. The van der Waals surface area contributed by atoms with E-state index in [0.29, 0.717) is 24.9 Å². The highest BCUT2D eigenvalue weighted by atomic mass is 127. The molecule has 0 aliphatic carbocycles. The van der Waals surface area contributed by atoms with Crippen molar-refractivity contribution in [1.29, 1.82) is 0 Å². The Bertz CT molecular complexity index is 1040. The number of guanidine groups is 1. The van der Waals surface area contributed by atoms with E-state index in [4.69, 9.17) is 4.42 Å². The fourth-order valence-electron chi connectivity index (χ4n) is 2.55. The summed E-state index contributed by atoms with van der Waals surface area (Å²) in [6.45, 7) is 1.02. The van der Waals surface area contributed by atoms with Crippen LogP contribution in [-0.2, 0) is 16.6 Å². The topological polar surface area (TPSA) is 109 Å². The summed E-state index contributed by atoms with van der Waals surface area (Å²) in [4.78, 5) is 8.80. The molecule has 160 valence electrons. The zero-order chi connectivity index (χ0) is 20.5. The molecule has 0 aliphatic heterocycles. The molecule has 0 saturated carbocycles. The molecule has 3 N–H and O–H groups in total. The van der Waals surface area contributed by atoms with E-state index >= 15 is 0 Å². The maximum absolute atomic E-state index is 12.2. The average Bonchev–Trinajstić information content (AvgIpc) is 3.23. The van der Waals surface area contributed by atoms with Gasteiger partial charge in [0, 0.05) is 25.7 Å². The lowest BCUT2D eigenvalue weighted by Gasteiger charge is -2.11. The van der Waals surface area contributed by atoms with Crippen molar-refractivity contribution in [2.75, 3.05) is 20.1 Å². The van der Waals surface area contributed by atoms with Crippen molar-refractivity contribution in [2.45, 2.75) is 11.4 Å². The van der Waals surface area contributed by atoms with Gasteiger partial charge in [0.15, 0.2) is 5.96 Å². The van der Waals surface area contributed by atoms with Gasteiger partial charge in [0.05, 0.1) is 17.1 Å². The zero-order valence-corrected chi connectivity index (χ0v) is 19.6. The number of oxazole rings is 1. The number of sulfonamides is 1. The minimum Gasteiger partial charge on any atom is -0.444 e. The summed E-state index contributed by atoms with van der Waals surface area (Å²) in [5, 5.41) is 6.17. The van der Waals surface area contributed by atoms with Crippen LogP contribution in [0, 0.1) is 0 Å². The van der Waals surface area contributed by atoms with Crippen LogP contribution < -0.4 is 15.4 Å². The highest BCUT2D eigenvalue weighted by Crippen LogP contribution is 2.17. The fourth-order valence-corrected chi connectivity index (χ4v) is 3.60. The van der Waals surface area contributed by atoms with Crippen molar-refractivity contribution < 1.29 is 12.8 Å². The first-order valence-electron chi connectivity index (χ1n) is 9.07. The molecule has 0 spiro atoms. The number of aromatic nitrogens is 1. The predicted molar refractivity (Wildman–Crippen MR) is 127 cm³/mol. The summed E-state index contributed by atoms with van der Waals surface area (Å²) >= 11 is 0. The van der Waals surface area contributed by atoms with Gasteiger partial charge in [0.1, 0.15) is 6.26 Å². The normalized spacial score (nSPS) is 11.6. The van der Waals surface area contributed by atoms with Gasteiger partial charge in [-0.3, -0.25) is 4.99 Å². The molecule has 8 nitrogen and oxygen atoms in total. The number of halogens is 1. The van der Waals surface area contributed by atoms with Crippen LogP contribution in [0.1, 0.15) is 5.69 Å². The monoisotopic (exact) mass is 541 g/mol. The number of nitrogens with one attached hydrogen (secondary N) is 3. The van der Waals surface area contributed by atoms with E-state index < -0.39 is 10.0 Å². The van der Waals surface area contributed by atoms with Crippen LogP contribution in [0.4, 0.5) is 0 Å². The molecule has 0 radical (unpaired) electrons. The Kier molecular flexibility index (Phi) is 9.27. The maximum atomic E-state index is 12.2. The van der Waals surface area contributed by atoms with Crippen LogP contribution >= 0.6 is 24.0 Å².